The molecule has 0 aliphatic heterocycles. The quantitative estimate of drug-likeness (QED) is 0.440. The van der Waals surface area contributed by atoms with Crippen LogP contribution in [-0.4, -0.2) is 11.6 Å². The molecule has 0 bridgehead atoms. The van der Waals surface area contributed by atoms with E-state index < -0.39 is 0 Å². The molecule has 106 valence electrons. The maximum absolute atomic E-state index is 11.4. The minimum atomic E-state index is 0.413. The molecule has 0 aromatic carbocycles. The molecule has 2 heteroatoms. The van der Waals surface area contributed by atoms with Crippen LogP contribution in [0.2, 0.25) is 0 Å². The molecule has 2 nitrogen and oxygen atoms in total. The fourth-order valence-corrected chi connectivity index (χ4v) is 2.00. The van der Waals surface area contributed by atoms with E-state index in [0.717, 1.165) is 77.0 Å². The van der Waals surface area contributed by atoms with Crippen LogP contribution in [0.3, 0.4) is 0 Å². The summed E-state index contributed by atoms with van der Waals surface area (Å²) in [5.74, 6) is 0.826. The first-order chi connectivity index (χ1) is 8.70. The lowest BCUT2D eigenvalue weighted by Crippen LogP contribution is -1.98. The van der Waals surface area contributed by atoms with Gasteiger partial charge in [-0.3, -0.25) is 9.59 Å². The average molecular weight is 254 g/mol. The Kier molecular flexibility index (Phi) is 12.3. The van der Waals surface area contributed by atoms with Crippen LogP contribution in [0.5, 0.6) is 0 Å². The monoisotopic (exact) mass is 254 g/mol. The third-order valence-electron chi connectivity index (χ3n) is 3.28. The fraction of sp³-hybridized carbons (Fsp3) is 0.875. The molecule has 0 rings (SSSR count). The molecule has 0 aromatic heterocycles. The Balaban J connectivity index is 3.25. The van der Waals surface area contributed by atoms with E-state index >= 15 is 0 Å². The zero-order valence-corrected chi connectivity index (χ0v) is 12.3. The number of carbonyl (C=O) groups excluding carboxylic acids is 2. The predicted octanol–water partition coefficient (Wildman–Crippen LogP) is 4.85. The molecule has 0 aromatic rings. The van der Waals surface area contributed by atoms with Gasteiger partial charge in [0.15, 0.2) is 0 Å². The Labute approximate surface area is 113 Å². The molecule has 0 spiro atoms. The van der Waals surface area contributed by atoms with E-state index in [1.165, 1.54) is 0 Å². The smallest absolute Gasteiger partial charge is 0.132 e. The third kappa shape index (κ3) is 11.8. The van der Waals surface area contributed by atoms with E-state index in [1.807, 2.05) is 0 Å². The summed E-state index contributed by atoms with van der Waals surface area (Å²) in [5.41, 5.74) is 0. The fourth-order valence-electron chi connectivity index (χ4n) is 2.00. The van der Waals surface area contributed by atoms with Gasteiger partial charge in [-0.15, -0.1) is 0 Å². The number of Topliss-reactive ketones (excluding diaryl/α,β-unsaturated/α-hetero) is 2. The molecule has 0 saturated carbocycles. The van der Waals surface area contributed by atoms with Crippen LogP contribution in [0.15, 0.2) is 0 Å². The van der Waals surface area contributed by atoms with Crippen LogP contribution in [-0.2, 0) is 9.59 Å². The van der Waals surface area contributed by atoms with Gasteiger partial charge in [0, 0.05) is 25.7 Å². The van der Waals surface area contributed by atoms with Crippen LogP contribution >= 0.6 is 0 Å². The van der Waals surface area contributed by atoms with E-state index in [1.54, 1.807) is 0 Å². The van der Waals surface area contributed by atoms with Gasteiger partial charge in [-0.2, -0.15) is 0 Å². The minimum absolute atomic E-state index is 0.413. The van der Waals surface area contributed by atoms with Gasteiger partial charge in [-0.25, -0.2) is 0 Å². The molecular weight excluding hydrogens is 224 g/mol. The van der Waals surface area contributed by atoms with Crippen molar-refractivity contribution in [3.05, 3.63) is 0 Å². The molecule has 0 fully saturated rings. The predicted molar refractivity (Wildman–Crippen MR) is 76.8 cm³/mol. The normalized spacial score (nSPS) is 10.6. The Morgan fingerprint density at radius 1 is 0.556 bits per heavy atom. The standard InChI is InChI=1S/C16H30O2/c1-3-5-11-15(17)13-9-7-8-10-14-16(18)12-6-4-2/h3-14H2,1-2H3. The first-order valence-corrected chi connectivity index (χ1v) is 7.74. The average Bonchev–Trinajstić information content (AvgIpc) is 2.37. The number of hydrogen-bond acceptors (Lipinski definition) is 2. The summed E-state index contributed by atoms with van der Waals surface area (Å²) in [5, 5.41) is 0. The number of hydrogen-bond donors (Lipinski definition) is 0. The second kappa shape index (κ2) is 12.8. The molecular formula is C16H30O2. The highest BCUT2D eigenvalue weighted by atomic mass is 16.1. The van der Waals surface area contributed by atoms with Crippen molar-refractivity contribution in [3.63, 3.8) is 0 Å². The van der Waals surface area contributed by atoms with Crippen LogP contribution in [0.4, 0.5) is 0 Å². The highest BCUT2D eigenvalue weighted by Crippen LogP contribution is 2.10. The van der Waals surface area contributed by atoms with Crippen molar-refractivity contribution >= 4 is 11.6 Å². The molecule has 0 N–H and O–H groups in total. The van der Waals surface area contributed by atoms with E-state index in [2.05, 4.69) is 13.8 Å². The van der Waals surface area contributed by atoms with E-state index in [4.69, 9.17) is 0 Å². The Hall–Kier alpha value is -0.660. The summed E-state index contributed by atoms with van der Waals surface area (Å²) in [4.78, 5) is 22.8. The lowest BCUT2D eigenvalue weighted by molar-refractivity contribution is -0.120. The van der Waals surface area contributed by atoms with Crippen LogP contribution < -0.4 is 0 Å². The van der Waals surface area contributed by atoms with Gasteiger partial charge in [0.25, 0.3) is 0 Å². The maximum atomic E-state index is 11.4. The second-order valence-electron chi connectivity index (χ2n) is 5.20. The zero-order chi connectivity index (χ0) is 13.6. The Morgan fingerprint density at radius 3 is 1.22 bits per heavy atom. The highest BCUT2D eigenvalue weighted by Gasteiger charge is 2.02. The first-order valence-electron chi connectivity index (χ1n) is 7.74. The molecule has 0 atom stereocenters. The van der Waals surface area contributed by atoms with Gasteiger partial charge >= 0.3 is 0 Å². The summed E-state index contributed by atoms with van der Waals surface area (Å²) >= 11 is 0. The minimum Gasteiger partial charge on any atom is -0.300 e. The molecule has 0 unspecified atom stereocenters. The Morgan fingerprint density at radius 2 is 0.889 bits per heavy atom. The first kappa shape index (κ1) is 17.3. The lowest BCUT2D eigenvalue weighted by Gasteiger charge is -2.02. The van der Waals surface area contributed by atoms with E-state index in [9.17, 15) is 9.59 Å². The third-order valence-corrected chi connectivity index (χ3v) is 3.28. The summed E-state index contributed by atoms with van der Waals surface area (Å²) in [6.45, 7) is 4.23. The SMILES string of the molecule is CCCCC(=O)CCCCCCC(=O)CCCC. The van der Waals surface area contributed by atoms with Crippen LogP contribution in [0, 0.1) is 0 Å². The summed E-state index contributed by atoms with van der Waals surface area (Å²) < 4.78 is 0. The summed E-state index contributed by atoms with van der Waals surface area (Å²) in [7, 11) is 0. The topological polar surface area (TPSA) is 34.1 Å². The van der Waals surface area contributed by atoms with Crippen LogP contribution in [0.1, 0.15) is 90.9 Å². The van der Waals surface area contributed by atoms with Crippen LogP contribution in [0.25, 0.3) is 0 Å². The zero-order valence-electron chi connectivity index (χ0n) is 12.3. The molecule has 0 aliphatic rings. The number of carbonyl (C=O) groups is 2. The Bertz CT molecular complexity index is 197. The van der Waals surface area contributed by atoms with Crippen molar-refractivity contribution in [1.82, 2.24) is 0 Å². The van der Waals surface area contributed by atoms with E-state index in [-0.39, 0.29) is 0 Å². The van der Waals surface area contributed by atoms with Gasteiger partial charge in [0.2, 0.25) is 0 Å². The van der Waals surface area contributed by atoms with Gasteiger partial charge in [0.05, 0.1) is 0 Å². The highest BCUT2D eigenvalue weighted by molar-refractivity contribution is 5.78. The molecule has 0 heterocycles. The van der Waals surface area contributed by atoms with Crippen molar-refractivity contribution < 1.29 is 9.59 Å². The molecule has 0 saturated heterocycles. The van der Waals surface area contributed by atoms with Crippen molar-refractivity contribution in [1.29, 1.82) is 0 Å². The number of unbranched alkanes of at least 4 members (excludes halogenated alkanes) is 5. The van der Waals surface area contributed by atoms with Gasteiger partial charge in [0.1, 0.15) is 11.6 Å². The van der Waals surface area contributed by atoms with Crippen molar-refractivity contribution in [2.45, 2.75) is 90.9 Å². The van der Waals surface area contributed by atoms with Crippen molar-refractivity contribution in [2.75, 3.05) is 0 Å². The largest absolute Gasteiger partial charge is 0.300 e. The van der Waals surface area contributed by atoms with Gasteiger partial charge < -0.3 is 0 Å². The molecule has 0 aliphatic carbocycles. The maximum Gasteiger partial charge on any atom is 0.132 e. The molecule has 18 heavy (non-hydrogen) atoms. The summed E-state index contributed by atoms with van der Waals surface area (Å²) in [6.07, 6.45) is 11.5. The summed E-state index contributed by atoms with van der Waals surface area (Å²) in [6, 6.07) is 0. The van der Waals surface area contributed by atoms with Crippen molar-refractivity contribution in [2.24, 2.45) is 0 Å². The second-order valence-corrected chi connectivity index (χ2v) is 5.20. The molecule has 0 amide bonds. The lowest BCUT2D eigenvalue weighted by atomic mass is 10.0. The number of rotatable bonds is 13. The van der Waals surface area contributed by atoms with Gasteiger partial charge in [-0.1, -0.05) is 39.5 Å². The van der Waals surface area contributed by atoms with E-state index in [0.29, 0.717) is 11.6 Å². The number of ketones is 2. The molecule has 0 radical (unpaired) electrons. The van der Waals surface area contributed by atoms with Crippen molar-refractivity contribution in [3.8, 4) is 0 Å². The van der Waals surface area contributed by atoms with Gasteiger partial charge in [-0.05, 0) is 25.7 Å².